The summed E-state index contributed by atoms with van der Waals surface area (Å²) in [5.41, 5.74) is 3.07. The molecule has 1 aromatic heterocycles. The third kappa shape index (κ3) is 4.84. The zero-order valence-electron chi connectivity index (χ0n) is 16.6. The Kier molecular flexibility index (Phi) is 5.91. The summed E-state index contributed by atoms with van der Waals surface area (Å²) in [5.74, 6) is 1.55. The molecule has 2 heterocycles. The van der Waals surface area contributed by atoms with Crippen LogP contribution in [0.2, 0.25) is 0 Å². The maximum atomic E-state index is 8.73. The number of nitrogens with zero attached hydrogens (tertiary/aromatic N) is 2. The van der Waals surface area contributed by atoms with E-state index in [1.807, 2.05) is 60.7 Å². The van der Waals surface area contributed by atoms with E-state index in [-0.39, 0.29) is 0 Å². The average Bonchev–Trinajstić information content (AvgIpc) is 2.75. The highest BCUT2D eigenvalue weighted by Gasteiger charge is 2.19. The predicted molar refractivity (Wildman–Crippen MR) is 120 cm³/mol. The molecule has 4 rings (SSSR count). The Morgan fingerprint density at radius 2 is 1.83 bits per heavy atom. The smallest absolute Gasteiger partial charge is 0.185 e. The Labute approximate surface area is 172 Å². The van der Waals surface area contributed by atoms with Crippen LogP contribution >= 0.6 is 0 Å². The van der Waals surface area contributed by atoms with Crippen molar-refractivity contribution >= 4 is 19.4 Å². The van der Waals surface area contributed by atoms with Crippen molar-refractivity contribution in [1.29, 1.82) is 5.41 Å². The van der Waals surface area contributed by atoms with Crippen LogP contribution < -0.4 is 10.1 Å². The number of nitrogens with one attached hydrogen (secondary N) is 2. The van der Waals surface area contributed by atoms with Crippen LogP contribution in [0.3, 0.4) is 0 Å². The molecule has 2 aromatic carbocycles. The number of para-hydroxylation sites is 1. The molecule has 0 spiro atoms. The van der Waals surface area contributed by atoms with Crippen LogP contribution in [0.4, 0.5) is 5.69 Å². The minimum atomic E-state index is 0.393. The third-order valence-electron chi connectivity index (χ3n) is 5.20. The van der Waals surface area contributed by atoms with E-state index in [9.17, 15) is 0 Å². The number of rotatable bonds is 6. The molecule has 1 aliphatic heterocycles. The quantitative estimate of drug-likeness (QED) is 0.503. The molecule has 0 aliphatic carbocycles. The van der Waals surface area contributed by atoms with E-state index >= 15 is 0 Å². The molecule has 29 heavy (non-hydrogen) atoms. The molecule has 6 heteroatoms. The molecular weight excluding hydrogens is 359 g/mol. The van der Waals surface area contributed by atoms with E-state index in [1.54, 1.807) is 12.4 Å². The first-order chi connectivity index (χ1) is 14.2. The first kappa shape index (κ1) is 19.2. The molecule has 0 radical (unpaired) electrons. The van der Waals surface area contributed by atoms with Gasteiger partial charge in [-0.15, -0.1) is 0 Å². The monoisotopic (exact) mass is 384 g/mol. The van der Waals surface area contributed by atoms with Gasteiger partial charge >= 0.3 is 0 Å². The summed E-state index contributed by atoms with van der Waals surface area (Å²) < 4.78 is 5.85. The average molecular weight is 384 g/mol. The molecule has 0 saturated carbocycles. The maximum absolute atomic E-state index is 8.73. The van der Waals surface area contributed by atoms with E-state index in [1.165, 1.54) is 6.42 Å². The SMILES string of the molecule is BN1CCC[C@@H](Nc2ccncc2C(=N)c2ccc(Oc3ccccc3)cc2)C1. The van der Waals surface area contributed by atoms with Gasteiger partial charge in [0.25, 0.3) is 0 Å². The fourth-order valence-electron chi connectivity index (χ4n) is 3.69. The third-order valence-corrected chi connectivity index (χ3v) is 5.20. The van der Waals surface area contributed by atoms with Crippen LogP contribution in [0.5, 0.6) is 11.5 Å². The first-order valence-corrected chi connectivity index (χ1v) is 10.0. The zero-order valence-corrected chi connectivity index (χ0v) is 16.6. The fraction of sp³-hybridized carbons (Fsp3) is 0.217. The maximum Gasteiger partial charge on any atom is 0.185 e. The number of ether oxygens (including phenoxy) is 1. The van der Waals surface area contributed by atoms with E-state index in [0.717, 1.165) is 47.8 Å². The zero-order chi connectivity index (χ0) is 20.1. The second-order valence-electron chi connectivity index (χ2n) is 7.48. The Morgan fingerprint density at radius 3 is 2.59 bits per heavy atom. The van der Waals surface area contributed by atoms with Gasteiger partial charge in [-0.1, -0.05) is 18.2 Å². The Morgan fingerprint density at radius 1 is 1.07 bits per heavy atom. The van der Waals surface area contributed by atoms with Crippen molar-refractivity contribution in [1.82, 2.24) is 9.79 Å². The standard InChI is InChI=1S/C23H25BN4O/c24-28-14-4-5-18(16-28)27-22-12-13-26-15-21(22)23(25)17-8-10-20(11-9-17)29-19-6-2-1-3-7-19/h1-3,6-13,15,18,25H,4-5,14,16,24H2,(H,26,27)/t18-/m1/s1. The molecular formula is C23H25BN4O. The molecule has 0 amide bonds. The molecule has 0 bridgehead atoms. The minimum Gasteiger partial charge on any atom is -0.457 e. The van der Waals surface area contributed by atoms with Crippen molar-refractivity contribution in [2.45, 2.75) is 18.9 Å². The number of anilines is 1. The van der Waals surface area contributed by atoms with Crippen molar-refractivity contribution in [2.24, 2.45) is 0 Å². The normalized spacial score (nSPS) is 16.9. The Bertz CT molecular complexity index is 962. The van der Waals surface area contributed by atoms with Gasteiger partial charge in [-0.25, -0.2) is 0 Å². The van der Waals surface area contributed by atoms with E-state index < -0.39 is 0 Å². The molecule has 2 N–H and O–H groups in total. The van der Waals surface area contributed by atoms with E-state index in [0.29, 0.717) is 11.8 Å². The summed E-state index contributed by atoms with van der Waals surface area (Å²) in [7, 11) is 2.16. The summed E-state index contributed by atoms with van der Waals surface area (Å²) >= 11 is 0. The lowest BCUT2D eigenvalue weighted by Crippen LogP contribution is -2.40. The van der Waals surface area contributed by atoms with Crippen LogP contribution in [-0.2, 0) is 0 Å². The van der Waals surface area contributed by atoms with Crippen molar-refractivity contribution in [2.75, 3.05) is 18.4 Å². The van der Waals surface area contributed by atoms with Gasteiger partial charge in [0.05, 0.1) is 5.71 Å². The largest absolute Gasteiger partial charge is 0.457 e. The van der Waals surface area contributed by atoms with Gasteiger partial charge in [-0.2, -0.15) is 0 Å². The van der Waals surface area contributed by atoms with Crippen LogP contribution in [0, 0.1) is 5.41 Å². The van der Waals surface area contributed by atoms with Crippen molar-refractivity contribution < 1.29 is 4.74 Å². The highest BCUT2D eigenvalue weighted by molar-refractivity contribution is 6.13. The highest BCUT2D eigenvalue weighted by Crippen LogP contribution is 2.24. The lowest BCUT2D eigenvalue weighted by Gasteiger charge is -2.31. The number of pyridine rings is 1. The first-order valence-electron chi connectivity index (χ1n) is 10.0. The fourth-order valence-corrected chi connectivity index (χ4v) is 3.69. The number of hydrogen-bond donors (Lipinski definition) is 2. The molecule has 1 aliphatic rings. The molecule has 1 atom stereocenters. The van der Waals surface area contributed by atoms with Crippen molar-refractivity contribution in [3.63, 3.8) is 0 Å². The van der Waals surface area contributed by atoms with Gasteiger partial charge < -0.3 is 14.9 Å². The van der Waals surface area contributed by atoms with Crippen molar-refractivity contribution in [3.05, 3.63) is 84.2 Å². The number of benzene rings is 2. The molecule has 1 saturated heterocycles. The topological polar surface area (TPSA) is 61.2 Å². The van der Waals surface area contributed by atoms with Gasteiger partial charge in [0.1, 0.15) is 11.5 Å². The number of piperidine rings is 1. The second-order valence-corrected chi connectivity index (χ2v) is 7.48. The van der Waals surface area contributed by atoms with Gasteiger partial charge in [-0.05, 0) is 61.9 Å². The summed E-state index contributed by atoms with van der Waals surface area (Å²) in [6.07, 6.45) is 5.88. The molecule has 1 fully saturated rings. The lowest BCUT2D eigenvalue weighted by molar-refractivity contribution is 0.344. The van der Waals surface area contributed by atoms with Crippen LogP contribution in [0.25, 0.3) is 0 Å². The van der Waals surface area contributed by atoms with Crippen LogP contribution in [0.15, 0.2) is 73.1 Å². The number of aromatic nitrogens is 1. The number of hydrogen-bond acceptors (Lipinski definition) is 5. The van der Waals surface area contributed by atoms with Gasteiger partial charge in [-0.3, -0.25) is 10.4 Å². The van der Waals surface area contributed by atoms with Gasteiger partial charge in [0.15, 0.2) is 7.98 Å². The molecule has 0 unspecified atom stereocenters. The lowest BCUT2D eigenvalue weighted by atomic mass is 9.99. The molecule has 146 valence electrons. The van der Waals surface area contributed by atoms with Crippen LogP contribution in [-0.4, -0.2) is 42.6 Å². The van der Waals surface area contributed by atoms with E-state index in [4.69, 9.17) is 10.1 Å². The summed E-state index contributed by atoms with van der Waals surface area (Å²) in [5, 5.41) is 12.4. The van der Waals surface area contributed by atoms with Crippen LogP contribution in [0.1, 0.15) is 24.0 Å². The molecule has 3 aromatic rings. The minimum absolute atomic E-state index is 0.393. The van der Waals surface area contributed by atoms with E-state index in [2.05, 4.69) is 23.1 Å². The molecule has 5 nitrogen and oxygen atoms in total. The Hall–Kier alpha value is -3.12. The summed E-state index contributed by atoms with van der Waals surface area (Å²) in [4.78, 5) is 6.60. The van der Waals surface area contributed by atoms with Gasteiger partial charge in [0.2, 0.25) is 0 Å². The highest BCUT2D eigenvalue weighted by atomic mass is 16.5. The second kappa shape index (κ2) is 8.92. The van der Waals surface area contributed by atoms with Crippen molar-refractivity contribution in [3.8, 4) is 11.5 Å². The predicted octanol–water partition coefficient (Wildman–Crippen LogP) is 3.71. The van der Waals surface area contributed by atoms with Gasteiger partial charge in [0, 0.05) is 41.8 Å². The summed E-state index contributed by atoms with van der Waals surface area (Å²) in [6.45, 7) is 2.16. The Balaban J connectivity index is 1.49. The summed E-state index contributed by atoms with van der Waals surface area (Å²) in [6, 6.07) is 19.7.